The maximum Gasteiger partial charge on any atom is 0.160 e. The third-order valence-electron chi connectivity index (χ3n) is 3.26. The number of ether oxygens (including phenoxy) is 1. The van der Waals surface area contributed by atoms with Crippen LogP contribution in [0.4, 0.5) is 0 Å². The molecule has 0 spiro atoms. The van der Waals surface area contributed by atoms with Crippen molar-refractivity contribution < 1.29 is 9.84 Å². The van der Waals surface area contributed by atoms with E-state index in [1.807, 2.05) is 12.1 Å². The molecule has 0 fully saturated rings. The topological polar surface area (TPSA) is 29.5 Å². The molecule has 0 bridgehead atoms. The fraction of sp³-hybridized carbons (Fsp3) is 0.600. The Morgan fingerprint density at radius 1 is 1.24 bits per heavy atom. The van der Waals surface area contributed by atoms with Gasteiger partial charge in [0.15, 0.2) is 11.5 Å². The van der Waals surface area contributed by atoms with Crippen LogP contribution in [0.2, 0.25) is 0 Å². The first-order valence-corrected chi connectivity index (χ1v) is 6.56. The van der Waals surface area contributed by atoms with Gasteiger partial charge in [0, 0.05) is 0 Å². The predicted octanol–water partition coefficient (Wildman–Crippen LogP) is 4.47. The summed E-state index contributed by atoms with van der Waals surface area (Å²) in [7, 11) is 1.59. The number of phenols is 1. The van der Waals surface area contributed by atoms with E-state index in [0.717, 1.165) is 0 Å². The van der Waals surface area contributed by atoms with Crippen LogP contribution in [0, 0.1) is 0 Å². The summed E-state index contributed by atoms with van der Waals surface area (Å²) in [6.45, 7) is 4.46. The van der Waals surface area contributed by atoms with Crippen molar-refractivity contribution >= 4 is 0 Å². The van der Waals surface area contributed by atoms with E-state index < -0.39 is 0 Å². The Hall–Kier alpha value is -1.18. The van der Waals surface area contributed by atoms with E-state index in [-0.39, 0.29) is 5.75 Å². The number of unbranched alkanes of at least 4 members (excludes halogenated alkanes) is 3. The second-order valence-corrected chi connectivity index (χ2v) is 4.68. The first kappa shape index (κ1) is 13.9. The summed E-state index contributed by atoms with van der Waals surface area (Å²) in [5, 5.41) is 9.54. The predicted molar refractivity (Wildman–Crippen MR) is 71.8 cm³/mol. The quantitative estimate of drug-likeness (QED) is 0.707. The third kappa shape index (κ3) is 4.29. The van der Waals surface area contributed by atoms with Crippen LogP contribution < -0.4 is 4.74 Å². The molecule has 0 aliphatic carbocycles. The monoisotopic (exact) mass is 236 g/mol. The second kappa shape index (κ2) is 7.21. The summed E-state index contributed by atoms with van der Waals surface area (Å²) >= 11 is 0. The molecule has 17 heavy (non-hydrogen) atoms. The Morgan fingerprint density at radius 3 is 2.65 bits per heavy atom. The molecule has 0 aliphatic rings. The van der Waals surface area contributed by atoms with Gasteiger partial charge >= 0.3 is 0 Å². The number of methoxy groups -OCH3 is 1. The maximum absolute atomic E-state index is 9.54. The molecular weight excluding hydrogens is 212 g/mol. The molecule has 0 saturated heterocycles. The fourth-order valence-electron chi connectivity index (χ4n) is 2.04. The molecule has 2 nitrogen and oxygen atoms in total. The molecule has 1 unspecified atom stereocenters. The van der Waals surface area contributed by atoms with Gasteiger partial charge in [-0.15, -0.1) is 0 Å². The van der Waals surface area contributed by atoms with Gasteiger partial charge in [-0.2, -0.15) is 0 Å². The number of benzene rings is 1. The summed E-state index contributed by atoms with van der Waals surface area (Å²) in [6.07, 6.45) is 6.40. The minimum absolute atomic E-state index is 0.217. The van der Waals surface area contributed by atoms with Gasteiger partial charge < -0.3 is 9.84 Å². The van der Waals surface area contributed by atoms with Gasteiger partial charge in [-0.1, -0.05) is 45.6 Å². The van der Waals surface area contributed by atoms with Crippen LogP contribution in [0.25, 0.3) is 0 Å². The van der Waals surface area contributed by atoms with Crippen molar-refractivity contribution in [2.24, 2.45) is 0 Å². The minimum Gasteiger partial charge on any atom is -0.504 e. The van der Waals surface area contributed by atoms with Crippen LogP contribution in [-0.2, 0) is 0 Å². The molecule has 0 saturated carbocycles. The molecule has 0 radical (unpaired) electrons. The Balaban J connectivity index is 2.53. The summed E-state index contributed by atoms with van der Waals surface area (Å²) in [4.78, 5) is 0. The van der Waals surface area contributed by atoms with Gasteiger partial charge in [0.25, 0.3) is 0 Å². The number of rotatable bonds is 7. The number of aromatic hydroxyl groups is 1. The average Bonchev–Trinajstić information content (AvgIpc) is 2.35. The maximum atomic E-state index is 9.54. The molecule has 1 aromatic rings. The Kier molecular flexibility index (Phi) is 5.88. The van der Waals surface area contributed by atoms with Crippen molar-refractivity contribution in [1.82, 2.24) is 0 Å². The zero-order chi connectivity index (χ0) is 12.7. The molecule has 0 aromatic heterocycles. The van der Waals surface area contributed by atoms with Gasteiger partial charge in [-0.25, -0.2) is 0 Å². The van der Waals surface area contributed by atoms with E-state index in [1.54, 1.807) is 13.2 Å². The summed E-state index contributed by atoms with van der Waals surface area (Å²) in [6, 6.07) is 5.65. The van der Waals surface area contributed by atoms with Crippen molar-refractivity contribution in [3.05, 3.63) is 23.8 Å². The lowest BCUT2D eigenvalue weighted by atomic mass is 9.94. The Labute approximate surface area is 105 Å². The third-order valence-corrected chi connectivity index (χ3v) is 3.26. The fourth-order valence-corrected chi connectivity index (χ4v) is 2.04. The lowest BCUT2D eigenvalue weighted by Gasteiger charge is -2.13. The van der Waals surface area contributed by atoms with Crippen molar-refractivity contribution in [2.45, 2.75) is 51.9 Å². The number of hydrogen-bond acceptors (Lipinski definition) is 2. The van der Waals surface area contributed by atoms with Crippen molar-refractivity contribution in [3.8, 4) is 11.5 Å². The smallest absolute Gasteiger partial charge is 0.160 e. The molecule has 0 heterocycles. The number of hydrogen-bond donors (Lipinski definition) is 1. The van der Waals surface area contributed by atoms with Crippen molar-refractivity contribution in [1.29, 1.82) is 0 Å². The molecule has 1 aromatic carbocycles. The highest BCUT2D eigenvalue weighted by Crippen LogP contribution is 2.31. The molecule has 0 amide bonds. The van der Waals surface area contributed by atoms with E-state index in [2.05, 4.69) is 13.8 Å². The summed E-state index contributed by atoms with van der Waals surface area (Å²) in [5.41, 5.74) is 1.25. The van der Waals surface area contributed by atoms with Crippen molar-refractivity contribution in [3.63, 3.8) is 0 Å². The largest absolute Gasteiger partial charge is 0.504 e. The molecule has 1 rings (SSSR count). The van der Waals surface area contributed by atoms with E-state index in [4.69, 9.17) is 4.74 Å². The Bertz CT molecular complexity index is 334. The standard InChI is InChI=1S/C15H24O2/c1-4-5-6-7-8-12(2)13-9-10-14(16)15(11-13)17-3/h9-12,16H,4-8H2,1-3H3. The zero-order valence-corrected chi connectivity index (χ0v) is 11.2. The van der Waals surface area contributed by atoms with Gasteiger partial charge in [-0.3, -0.25) is 0 Å². The minimum atomic E-state index is 0.217. The van der Waals surface area contributed by atoms with Crippen LogP contribution >= 0.6 is 0 Å². The van der Waals surface area contributed by atoms with Crippen molar-refractivity contribution in [2.75, 3.05) is 7.11 Å². The average molecular weight is 236 g/mol. The summed E-state index contributed by atoms with van der Waals surface area (Å²) < 4.78 is 5.13. The van der Waals surface area contributed by atoms with Crippen LogP contribution in [0.5, 0.6) is 11.5 Å². The lowest BCUT2D eigenvalue weighted by Crippen LogP contribution is -1.95. The van der Waals surface area contributed by atoms with E-state index in [9.17, 15) is 5.11 Å². The van der Waals surface area contributed by atoms with Crippen LogP contribution in [-0.4, -0.2) is 12.2 Å². The molecule has 96 valence electrons. The van der Waals surface area contributed by atoms with Gasteiger partial charge in [0.05, 0.1) is 7.11 Å². The van der Waals surface area contributed by atoms with Crippen LogP contribution in [0.15, 0.2) is 18.2 Å². The van der Waals surface area contributed by atoms with Gasteiger partial charge in [-0.05, 0) is 30.0 Å². The van der Waals surface area contributed by atoms with Crippen LogP contribution in [0.1, 0.15) is 57.4 Å². The normalized spacial score (nSPS) is 12.4. The molecule has 1 N–H and O–H groups in total. The summed E-state index contributed by atoms with van der Waals surface area (Å²) in [5.74, 6) is 1.32. The number of phenolic OH excluding ortho intramolecular Hbond substituents is 1. The molecule has 1 atom stereocenters. The SMILES string of the molecule is CCCCCCC(C)c1ccc(O)c(OC)c1. The van der Waals surface area contributed by atoms with Gasteiger partial charge in [0.2, 0.25) is 0 Å². The Morgan fingerprint density at radius 2 is 2.00 bits per heavy atom. The zero-order valence-electron chi connectivity index (χ0n) is 11.2. The molecule has 0 aliphatic heterocycles. The van der Waals surface area contributed by atoms with E-state index >= 15 is 0 Å². The first-order valence-electron chi connectivity index (χ1n) is 6.56. The van der Waals surface area contributed by atoms with Gasteiger partial charge in [0.1, 0.15) is 0 Å². The molecular formula is C15H24O2. The molecule has 2 heteroatoms. The highest BCUT2D eigenvalue weighted by atomic mass is 16.5. The van der Waals surface area contributed by atoms with E-state index in [1.165, 1.54) is 37.7 Å². The van der Waals surface area contributed by atoms with Crippen LogP contribution in [0.3, 0.4) is 0 Å². The van der Waals surface area contributed by atoms with E-state index in [0.29, 0.717) is 11.7 Å². The highest BCUT2D eigenvalue weighted by Gasteiger charge is 2.08. The lowest BCUT2D eigenvalue weighted by molar-refractivity contribution is 0.372. The second-order valence-electron chi connectivity index (χ2n) is 4.68. The first-order chi connectivity index (χ1) is 8.19. The highest BCUT2D eigenvalue weighted by molar-refractivity contribution is 5.42.